The first kappa shape index (κ1) is 18.7. The molecule has 0 unspecified atom stereocenters. The van der Waals surface area contributed by atoms with E-state index in [1.54, 1.807) is 14.1 Å². The first-order valence-corrected chi connectivity index (χ1v) is 10.1. The summed E-state index contributed by atoms with van der Waals surface area (Å²) in [6.45, 7) is 0.850. The molecule has 1 aromatic carbocycles. The average Bonchev–Trinajstić information content (AvgIpc) is 2.79. The van der Waals surface area contributed by atoms with Gasteiger partial charge in [-0.1, -0.05) is 12.8 Å². The highest BCUT2D eigenvalue weighted by atomic mass is 32.2. The predicted octanol–water partition coefficient (Wildman–Crippen LogP) is 1.25. The predicted molar refractivity (Wildman–Crippen MR) is 96.4 cm³/mol. The van der Waals surface area contributed by atoms with Gasteiger partial charge < -0.3 is 9.32 Å². The lowest BCUT2D eigenvalue weighted by molar-refractivity contribution is -0.129. The number of amides is 1. The van der Waals surface area contributed by atoms with Crippen molar-refractivity contribution in [1.82, 2.24) is 13.8 Å². The summed E-state index contributed by atoms with van der Waals surface area (Å²) in [4.78, 5) is 25.4. The van der Waals surface area contributed by atoms with Crippen molar-refractivity contribution in [3.05, 3.63) is 28.7 Å². The fourth-order valence-corrected chi connectivity index (χ4v) is 4.60. The van der Waals surface area contributed by atoms with Crippen LogP contribution in [0.25, 0.3) is 11.1 Å². The van der Waals surface area contributed by atoms with Gasteiger partial charge in [-0.3, -0.25) is 9.36 Å². The van der Waals surface area contributed by atoms with E-state index in [0.29, 0.717) is 18.6 Å². The number of carbonyl (C=O) groups is 1. The van der Waals surface area contributed by atoms with Crippen LogP contribution in [0.3, 0.4) is 0 Å². The lowest BCUT2D eigenvalue weighted by Gasteiger charge is -2.19. The smallest absolute Gasteiger partial charge is 0.408 e. The van der Waals surface area contributed by atoms with Crippen molar-refractivity contribution >= 4 is 27.0 Å². The first-order chi connectivity index (χ1) is 12.3. The van der Waals surface area contributed by atoms with E-state index in [-0.39, 0.29) is 22.9 Å². The lowest BCUT2D eigenvalue weighted by atomic mass is 10.2. The van der Waals surface area contributed by atoms with Gasteiger partial charge in [0.15, 0.2) is 5.58 Å². The highest BCUT2D eigenvalue weighted by Crippen LogP contribution is 2.24. The van der Waals surface area contributed by atoms with Crippen molar-refractivity contribution in [3.8, 4) is 0 Å². The zero-order valence-electron chi connectivity index (χ0n) is 15.0. The Hall–Kier alpha value is -2.13. The molecule has 0 atom stereocenters. The highest BCUT2D eigenvalue weighted by molar-refractivity contribution is 7.89. The molecule has 0 spiro atoms. The summed E-state index contributed by atoms with van der Waals surface area (Å²) in [7, 11) is -0.433. The molecule has 1 aliphatic heterocycles. The van der Waals surface area contributed by atoms with Gasteiger partial charge in [-0.05, 0) is 25.0 Å². The van der Waals surface area contributed by atoms with Crippen LogP contribution in [-0.4, -0.2) is 55.3 Å². The summed E-state index contributed by atoms with van der Waals surface area (Å²) in [5.41, 5.74) is 0.567. The van der Waals surface area contributed by atoms with Gasteiger partial charge in [0, 0.05) is 33.3 Å². The van der Waals surface area contributed by atoms with E-state index in [0.717, 1.165) is 25.7 Å². The number of fused-ring (bicyclic) bond motifs is 1. The van der Waals surface area contributed by atoms with E-state index >= 15 is 0 Å². The Morgan fingerprint density at radius 3 is 2.42 bits per heavy atom. The van der Waals surface area contributed by atoms with Crippen LogP contribution in [0.1, 0.15) is 25.7 Å². The molecule has 26 heavy (non-hydrogen) atoms. The van der Waals surface area contributed by atoms with Crippen molar-refractivity contribution < 1.29 is 17.6 Å². The zero-order chi connectivity index (χ0) is 18.9. The van der Waals surface area contributed by atoms with Crippen LogP contribution in [0, 0.1) is 0 Å². The van der Waals surface area contributed by atoms with Crippen molar-refractivity contribution in [2.45, 2.75) is 37.1 Å². The summed E-state index contributed by atoms with van der Waals surface area (Å²) in [5, 5.41) is 0. The maximum atomic E-state index is 12.9. The fraction of sp³-hybridized carbons (Fsp3) is 0.529. The third kappa shape index (κ3) is 3.54. The van der Waals surface area contributed by atoms with Crippen LogP contribution < -0.4 is 5.76 Å². The van der Waals surface area contributed by atoms with Crippen molar-refractivity contribution in [2.75, 3.05) is 27.2 Å². The van der Waals surface area contributed by atoms with Crippen molar-refractivity contribution in [2.24, 2.45) is 0 Å². The molecular weight excluding hydrogens is 358 g/mol. The van der Waals surface area contributed by atoms with Gasteiger partial charge in [0.1, 0.15) is 6.54 Å². The number of likely N-dealkylation sites (N-methyl/N-ethyl adjacent to an activating group) is 1. The number of nitrogens with zero attached hydrogens (tertiary/aromatic N) is 3. The van der Waals surface area contributed by atoms with Gasteiger partial charge in [0.25, 0.3) is 0 Å². The summed E-state index contributed by atoms with van der Waals surface area (Å²) in [6.07, 6.45) is 3.75. The minimum Gasteiger partial charge on any atom is -0.408 e. The molecule has 1 amide bonds. The molecule has 0 aliphatic carbocycles. The van der Waals surface area contributed by atoms with Crippen LogP contribution in [0.5, 0.6) is 0 Å². The molecule has 0 bridgehead atoms. The van der Waals surface area contributed by atoms with Crippen molar-refractivity contribution in [1.29, 1.82) is 0 Å². The third-order valence-electron chi connectivity index (χ3n) is 4.63. The first-order valence-electron chi connectivity index (χ1n) is 8.64. The molecule has 0 saturated carbocycles. The van der Waals surface area contributed by atoms with Crippen molar-refractivity contribution in [3.63, 3.8) is 0 Å². The number of aromatic nitrogens is 1. The Kier molecular flexibility index (Phi) is 5.19. The molecule has 9 heteroatoms. The van der Waals surface area contributed by atoms with E-state index in [9.17, 15) is 18.0 Å². The zero-order valence-corrected chi connectivity index (χ0v) is 15.8. The van der Waals surface area contributed by atoms with E-state index in [1.165, 1.54) is 32.0 Å². The Bertz CT molecular complexity index is 966. The molecule has 142 valence electrons. The number of hydrogen-bond acceptors (Lipinski definition) is 5. The number of rotatable bonds is 4. The molecule has 8 nitrogen and oxygen atoms in total. The third-order valence-corrected chi connectivity index (χ3v) is 6.53. The minimum atomic E-state index is -3.63. The molecule has 0 radical (unpaired) electrons. The quantitative estimate of drug-likeness (QED) is 0.795. The molecule has 1 aliphatic rings. The van der Waals surface area contributed by atoms with Crippen LogP contribution in [0.2, 0.25) is 0 Å². The Balaban J connectivity index is 1.97. The fourth-order valence-electron chi connectivity index (χ4n) is 3.06. The van der Waals surface area contributed by atoms with Gasteiger partial charge in [0.05, 0.1) is 10.4 Å². The van der Waals surface area contributed by atoms with E-state index in [2.05, 4.69) is 0 Å². The Labute approximate surface area is 152 Å². The molecule has 0 N–H and O–H groups in total. The number of benzene rings is 1. The lowest BCUT2D eigenvalue weighted by Crippen LogP contribution is -2.31. The molecule has 2 aromatic rings. The van der Waals surface area contributed by atoms with Gasteiger partial charge in [-0.2, -0.15) is 4.31 Å². The average molecular weight is 381 g/mol. The molecular formula is C17H23N3O5S. The van der Waals surface area contributed by atoms with Crippen LogP contribution >= 0.6 is 0 Å². The number of oxazole rings is 1. The highest BCUT2D eigenvalue weighted by Gasteiger charge is 2.26. The molecule has 1 saturated heterocycles. The SMILES string of the molecule is CN(C)C(=O)Cn1c(=O)oc2cc(S(=O)(=O)N3CCCCCC3)ccc21. The van der Waals surface area contributed by atoms with Gasteiger partial charge in [0.2, 0.25) is 15.9 Å². The summed E-state index contributed by atoms with van der Waals surface area (Å²) >= 11 is 0. The summed E-state index contributed by atoms with van der Waals surface area (Å²) in [6, 6.07) is 4.36. The number of sulfonamides is 1. The van der Waals surface area contributed by atoms with Gasteiger partial charge in [-0.15, -0.1) is 0 Å². The number of carbonyl (C=O) groups excluding carboxylic acids is 1. The molecule has 1 aromatic heterocycles. The van der Waals surface area contributed by atoms with Crippen LogP contribution in [0.15, 0.2) is 32.3 Å². The van der Waals surface area contributed by atoms with Gasteiger partial charge >= 0.3 is 5.76 Å². The second kappa shape index (κ2) is 7.24. The number of hydrogen-bond donors (Lipinski definition) is 0. The summed E-state index contributed by atoms with van der Waals surface area (Å²) in [5.74, 6) is -0.935. The van der Waals surface area contributed by atoms with E-state index < -0.39 is 15.8 Å². The Morgan fingerprint density at radius 2 is 1.81 bits per heavy atom. The summed E-state index contributed by atoms with van der Waals surface area (Å²) < 4.78 is 33.6. The largest absolute Gasteiger partial charge is 0.420 e. The standard InChI is InChI=1S/C17H23N3O5S/c1-18(2)16(21)12-20-14-8-7-13(11-15(14)25-17(20)22)26(23,24)19-9-5-3-4-6-10-19/h7-8,11H,3-6,9-10,12H2,1-2H3. The normalized spacial score (nSPS) is 16.5. The molecule has 3 rings (SSSR count). The monoisotopic (exact) mass is 381 g/mol. The molecule has 1 fully saturated rings. The second-order valence-electron chi connectivity index (χ2n) is 6.69. The van der Waals surface area contributed by atoms with Gasteiger partial charge in [-0.25, -0.2) is 13.2 Å². The topological polar surface area (TPSA) is 92.8 Å². The molecule has 2 heterocycles. The van der Waals surface area contributed by atoms with E-state index in [1.807, 2.05) is 0 Å². The minimum absolute atomic E-state index is 0.103. The maximum absolute atomic E-state index is 12.9. The van der Waals surface area contributed by atoms with Crippen LogP contribution in [0.4, 0.5) is 0 Å². The van der Waals surface area contributed by atoms with E-state index in [4.69, 9.17) is 4.42 Å². The maximum Gasteiger partial charge on any atom is 0.420 e. The second-order valence-corrected chi connectivity index (χ2v) is 8.63. The van der Waals surface area contributed by atoms with Crippen LogP contribution in [-0.2, 0) is 21.4 Å². The Morgan fingerprint density at radius 1 is 1.15 bits per heavy atom.